The van der Waals surface area contributed by atoms with Gasteiger partial charge in [-0.05, 0) is 73.5 Å². The highest BCUT2D eigenvalue weighted by molar-refractivity contribution is 5.87. The summed E-state index contributed by atoms with van der Waals surface area (Å²) in [5.74, 6) is 3.37. The molecule has 5 aliphatic rings. The summed E-state index contributed by atoms with van der Waals surface area (Å²) < 4.78 is 0. The Kier molecular flexibility index (Phi) is 2.22. The van der Waals surface area contributed by atoms with Crippen LogP contribution in [0, 0.1) is 34.0 Å². The lowest BCUT2D eigenvalue weighted by atomic mass is 9.50. The van der Waals surface area contributed by atoms with Crippen LogP contribution in [0.4, 0.5) is 0 Å². The predicted octanol–water partition coefficient (Wildman–Crippen LogP) is 3.92. The van der Waals surface area contributed by atoms with Crippen LogP contribution in [-0.2, 0) is 9.59 Å². The molecule has 0 aromatic rings. The summed E-state index contributed by atoms with van der Waals surface area (Å²) in [6.45, 7) is 2.26. The van der Waals surface area contributed by atoms with Crippen LogP contribution in [0.3, 0.4) is 0 Å². The van der Waals surface area contributed by atoms with Crippen molar-refractivity contribution in [2.45, 2.75) is 71.1 Å². The molecule has 0 bridgehead atoms. The molecule has 114 valence electrons. The Balaban J connectivity index is 1.50. The molecule has 6 atom stereocenters. The molecule has 5 rings (SSSR count). The van der Waals surface area contributed by atoms with E-state index in [1.807, 2.05) is 0 Å². The molecule has 0 aromatic carbocycles. The Hall–Kier alpha value is -0.660. The van der Waals surface area contributed by atoms with Gasteiger partial charge < -0.3 is 0 Å². The lowest BCUT2D eigenvalue weighted by Gasteiger charge is -2.53. The van der Waals surface area contributed by atoms with Crippen LogP contribution in [0.1, 0.15) is 71.1 Å². The van der Waals surface area contributed by atoms with Crippen molar-refractivity contribution < 1.29 is 9.59 Å². The number of carbonyl (C=O) groups excluding carboxylic acids is 2. The third kappa shape index (κ3) is 1.32. The number of fused-ring (bicyclic) bond motifs is 3. The second kappa shape index (κ2) is 3.63. The molecule has 21 heavy (non-hydrogen) atoms. The van der Waals surface area contributed by atoms with Crippen molar-refractivity contribution in [3.63, 3.8) is 0 Å². The maximum absolute atomic E-state index is 12.4. The molecule has 5 fully saturated rings. The van der Waals surface area contributed by atoms with E-state index in [4.69, 9.17) is 0 Å². The third-order valence-corrected chi connectivity index (χ3v) is 8.78. The Labute approximate surface area is 127 Å². The van der Waals surface area contributed by atoms with Gasteiger partial charge >= 0.3 is 0 Å². The van der Waals surface area contributed by atoms with E-state index in [1.165, 1.54) is 32.1 Å². The van der Waals surface area contributed by atoms with Gasteiger partial charge in [0.1, 0.15) is 11.6 Å². The van der Waals surface area contributed by atoms with E-state index in [0.29, 0.717) is 28.3 Å². The number of ketones is 2. The van der Waals surface area contributed by atoms with Gasteiger partial charge in [-0.1, -0.05) is 6.92 Å². The minimum absolute atomic E-state index is 0.0111. The minimum Gasteiger partial charge on any atom is -0.300 e. The van der Waals surface area contributed by atoms with Gasteiger partial charge in [0, 0.05) is 24.7 Å². The van der Waals surface area contributed by atoms with Crippen LogP contribution in [0.5, 0.6) is 0 Å². The summed E-state index contributed by atoms with van der Waals surface area (Å²) >= 11 is 0. The summed E-state index contributed by atoms with van der Waals surface area (Å²) in [5.41, 5.74) is 0.952. The Bertz CT molecular complexity index is 552. The van der Waals surface area contributed by atoms with Gasteiger partial charge in [-0.25, -0.2) is 0 Å². The van der Waals surface area contributed by atoms with Gasteiger partial charge in [0.05, 0.1) is 0 Å². The maximum atomic E-state index is 12.4. The average Bonchev–Trinajstić information content (AvgIpc) is 3.05. The molecule has 2 heteroatoms. The molecule has 0 aliphatic heterocycles. The molecule has 0 spiro atoms. The molecule has 2 nitrogen and oxygen atoms in total. The van der Waals surface area contributed by atoms with E-state index in [-0.39, 0.29) is 5.41 Å². The van der Waals surface area contributed by atoms with Crippen molar-refractivity contribution in [3.05, 3.63) is 0 Å². The number of hydrogen-bond donors (Lipinski definition) is 0. The lowest BCUT2D eigenvalue weighted by Crippen LogP contribution is -2.48. The minimum atomic E-state index is 0.0111. The summed E-state index contributed by atoms with van der Waals surface area (Å²) in [6.07, 6.45) is 11.2. The van der Waals surface area contributed by atoms with Crippen LogP contribution < -0.4 is 0 Å². The zero-order valence-corrected chi connectivity index (χ0v) is 13.1. The van der Waals surface area contributed by atoms with E-state index in [2.05, 4.69) is 6.92 Å². The average molecular weight is 286 g/mol. The topological polar surface area (TPSA) is 34.1 Å². The van der Waals surface area contributed by atoms with Crippen molar-refractivity contribution in [2.75, 3.05) is 0 Å². The zero-order valence-electron chi connectivity index (χ0n) is 13.1. The molecule has 0 N–H and O–H groups in total. The zero-order chi connectivity index (χ0) is 14.5. The fourth-order valence-corrected chi connectivity index (χ4v) is 7.71. The molecule has 5 saturated carbocycles. The Morgan fingerprint density at radius 2 is 1.81 bits per heavy atom. The molecular weight excluding hydrogens is 260 g/mol. The molecule has 0 amide bonds. The van der Waals surface area contributed by atoms with Gasteiger partial charge in [0.2, 0.25) is 0 Å². The van der Waals surface area contributed by atoms with Crippen LogP contribution in [0.15, 0.2) is 0 Å². The first-order valence-electron chi connectivity index (χ1n) is 9.06. The molecule has 0 heterocycles. The van der Waals surface area contributed by atoms with Crippen molar-refractivity contribution in [2.24, 2.45) is 34.0 Å². The maximum Gasteiger partial charge on any atom is 0.139 e. The van der Waals surface area contributed by atoms with Crippen molar-refractivity contribution in [1.29, 1.82) is 0 Å². The fraction of sp³-hybridized carbons (Fsp3) is 0.895. The second-order valence-corrected chi connectivity index (χ2v) is 9.16. The highest BCUT2D eigenvalue weighted by Crippen LogP contribution is 2.82. The van der Waals surface area contributed by atoms with Crippen LogP contribution in [-0.4, -0.2) is 11.6 Å². The van der Waals surface area contributed by atoms with Crippen molar-refractivity contribution in [3.8, 4) is 0 Å². The fourth-order valence-electron chi connectivity index (χ4n) is 7.71. The van der Waals surface area contributed by atoms with Gasteiger partial charge in [0.25, 0.3) is 0 Å². The molecule has 5 aliphatic carbocycles. The second-order valence-electron chi connectivity index (χ2n) is 9.16. The van der Waals surface area contributed by atoms with Gasteiger partial charge in [0.15, 0.2) is 0 Å². The third-order valence-electron chi connectivity index (χ3n) is 8.78. The molecule has 0 saturated heterocycles. The van der Waals surface area contributed by atoms with E-state index >= 15 is 0 Å². The van der Waals surface area contributed by atoms with Gasteiger partial charge in [-0.3, -0.25) is 9.59 Å². The standard InChI is InChI=1S/C19H26O2/c1-17-7-6-15-13(14(17)2-3-16(17)21)5-8-18-10-12(20)4-9-19(15,18)11-18/h13-15H,2-11H2,1H3/t13-,14+,15-,17+,18+,19-/m1/s1. The van der Waals surface area contributed by atoms with E-state index in [0.717, 1.165) is 43.9 Å². The predicted molar refractivity (Wildman–Crippen MR) is 79.6 cm³/mol. The smallest absolute Gasteiger partial charge is 0.139 e. The first-order chi connectivity index (χ1) is 10.0. The molecular formula is C19H26O2. The van der Waals surface area contributed by atoms with Gasteiger partial charge in [-0.2, -0.15) is 0 Å². The Morgan fingerprint density at radius 1 is 0.952 bits per heavy atom. The lowest BCUT2D eigenvalue weighted by molar-refractivity contribution is -0.134. The molecule has 0 radical (unpaired) electrons. The Morgan fingerprint density at radius 3 is 2.67 bits per heavy atom. The normalized spacial score (nSPS) is 58.0. The first kappa shape index (κ1) is 12.8. The monoisotopic (exact) mass is 286 g/mol. The van der Waals surface area contributed by atoms with Crippen LogP contribution >= 0.6 is 0 Å². The van der Waals surface area contributed by atoms with Crippen LogP contribution in [0.2, 0.25) is 0 Å². The summed E-state index contributed by atoms with van der Waals surface area (Å²) in [5, 5.41) is 0. The van der Waals surface area contributed by atoms with Crippen molar-refractivity contribution in [1.82, 2.24) is 0 Å². The van der Waals surface area contributed by atoms with E-state index < -0.39 is 0 Å². The molecule has 0 aromatic heterocycles. The first-order valence-corrected chi connectivity index (χ1v) is 9.06. The number of rotatable bonds is 0. The summed E-state index contributed by atoms with van der Waals surface area (Å²) in [6, 6.07) is 0. The number of carbonyl (C=O) groups is 2. The number of Topliss-reactive ketones (excluding diaryl/α,β-unsaturated/α-hetero) is 2. The van der Waals surface area contributed by atoms with Crippen LogP contribution in [0.25, 0.3) is 0 Å². The SMILES string of the molecule is C[C@]12CC[C@@H]3[C@H](CC[C@@]45CC(=O)CC[C@@]34C5)[C@@H]1CCC2=O. The van der Waals surface area contributed by atoms with Crippen molar-refractivity contribution >= 4 is 11.6 Å². The summed E-state index contributed by atoms with van der Waals surface area (Å²) in [4.78, 5) is 24.3. The highest BCUT2D eigenvalue weighted by Gasteiger charge is 2.75. The summed E-state index contributed by atoms with van der Waals surface area (Å²) in [7, 11) is 0. The van der Waals surface area contributed by atoms with E-state index in [1.54, 1.807) is 0 Å². The van der Waals surface area contributed by atoms with E-state index in [9.17, 15) is 9.59 Å². The van der Waals surface area contributed by atoms with Gasteiger partial charge in [-0.15, -0.1) is 0 Å². The highest BCUT2D eigenvalue weighted by atomic mass is 16.1. The molecule has 0 unspecified atom stereocenters. The largest absolute Gasteiger partial charge is 0.300 e. The number of hydrogen-bond acceptors (Lipinski definition) is 2. The quantitative estimate of drug-likeness (QED) is 0.676.